The Morgan fingerprint density at radius 2 is 1.94 bits per heavy atom. The second-order valence-electron chi connectivity index (χ2n) is 10.7. The lowest BCUT2D eigenvalue weighted by molar-refractivity contribution is -0.117. The van der Waals surface area contributed by atoms with Gasteiger partial charge < -0.3 is 21.3 Å². The Morgan fingerprint density at radius 3 is 2.63 bits per heavy atom. The molecule has 2 fully saturated rings. The van der Waals surface area contributed by atoms with Gasteiger partial charge in [0.05, 0.1) is 11.6 Å². The zero-order valence-electron chi connectivity index (χ0n) is 20.7. The van der Waals surface area contributed by atoms with Crippen LogP contribution in [0.25, 0.3) is 0 Å². The number of amides is 2. The molecule has 4 N–H and O–H groups in total. The van der Waals surface area contributed by atoms with Gasteiger partial charge in [-0.25, -0.2) is 0 Å². The summed E-state index contributed by atoms with van der Waals surface area (Å²) in [7, 11) is 0. The van der Waals surface area contributed by atoms with Crippen molar-refractivity contribution in [1.29, 1.82) is 0 Å². The fraction of sp³-hybridized carbons (Fsp3) is 0.615. The second-order valence-corrected chi connectivity index (χ2v) is 12.2. The number of nitrogens with one attached hydrogen (secondary N) is 4. The van der Waals surface area contributed by atoms with Crippen LogP contribution in [0.15, 0.2) is 16.8 Å². The fourth-order valence-corrected chi connectivity index (χ4v) is 6.38. The van der Waals surface area contributed by atoms with Crippen LogP contribution in [0.1, 0.15) is 73.7 Å². The number of carbonyl (C=O) groups excluding carboxylic acids is 2. The normalized spacial score (nSPS) is 23.3. The molecule has 35 heavy (non-hydrogen) atoms. The Morgan fingerprint density at radius 1 is 1.17 bits per heavy atom. The second kappa shape index (κ2) is 10.0. The molecule has 2 heterocycles. The zero-order chi connectivity index (χ0) is 24.7. The number of aliphatic imine (C=N–C) groups is 1. The van der Waals surface area contributed by atoms with Crippen molar-refractivity contribution in [2.24, 2.45) is 22.7 Å². The number of hydrogen-bond donors (Lipinski definition) is 4. The van der Waals surface area contributed by atoms with Crippen molar-refractivity contribution in [3.8, 4) is 0 Å². The highest BCUT2D eigenvalue weighted by Gasteiger charge is 2.34. The molecule has 2 saturated carbocycles. The lowest BCUT2D eigenvalue weighted by Gasteiger charge is -2.26. The molecule has 1 unspecified atom stereocenters. The zero-order valence-corrected chi connectivity index (χ0v) is 22.3. The van der Waals surface area contributed by atoms with E-state index in [4.69, 9.17) is 17.2 Å². The van der Waals surface area contributed by atoms with Crippen molar-refractivity contribution in [2.75, 3.05) is 11.9 Å². The van der Waals surface area contributed by atoms with E-state index in [-0.39, 0.29) is 29.8 Å². The minimum Gasteiger partial charge on any atom is -0.359 e. The molecule has 0 bridgehead atoms. The summed E-state index contributed by atoms with van der Waals surface area (Å²) in [6.07, 6.45) is 8.81. The quantitative estimate of drug-likeness (QED) is 0.395. The van der Waals surface area contributed by atoms with Crippen LogP contribution in [0.5, 0.6) is 0 Å². The molecular weight excluding hydrogens is 478 g/mol. The number of carbonyl (C=O) groups is 2. The number of anilines is 1. The molecule has 4 aliphatic rings. The lowest BCUT2D eigenvalue weighted by atomic mass is 9.91. The van der Waals surface area contributed by atoms with Crippen LogP contribution < -0.4 is 21.3 Å². The third-order valence-electron chi connectivity index (χ3n) is 7.17. The highest BCUT2D eigenvalue weighted by Crippen LogP contribution is 2.40. The van der Waals surface area contributed by atoms with Crippen molar-refractivity contribution in [2.45, 2.75) is 77.8 Å². The van der Waals surface area contributed by atoms with Crippen molar-refractivity contribution in [1.82, 2.24) is 16.0 Å². The summed E-state index contributed by atoms with van der Waals surface area (Å²) in [5, 5.41) is 14.4. The predicted molar refractivity (Wildman–Crippen MR) is 145 cm³/mol. The van der Waals surface area contributed by atoms with E-state index in [9.17, 15) is 9.59 Å². The summed E-state index contributed by atoms with van der Waals surface area (Å²) in [6.45, 7) is 7.04. The number of thiophene rings is 1. The van der Waals surface area contributed by atoms with Crippen LogP contribution in [0, 0.1) is 17.8 Å². The van der Waals surface area contributed by atoms with Gasteiger partial charge >= 0.3 is 0 Å². The summed E-state index contributed by atoms with van der Waals surface area (Å²) >= 11 is 7.23. The maximum atomic E-state index is 13.3. The molecular formula is C26H35N5O2S2. The fourth-order valence-electron chi connectivity index (χ4n) is 4.85. The van der Waals surface area contributed by atoms with Crippen LogP contribution in [0.3, 0.4) is 0 Å². The molecule has 0 spiro atoms. The first-order valence-electron chi connectivity index (χ1n) is 12.9. The Hall–Kier alpha value is -2.26. The van der Waals surface area contributed by atoms with Gasteiger partial charge in [0, 0.05) is 34.8 Å². The van der Waals surface area contributed by atoms with Gasteiger partial charge in [0.15, 0.2) is 5.11 Å². The molecule has 9 heteroatoms. The minimum atomic E-state index is -0.0645. The van der Waals surface area contributed by atoms with E-state index in [1.54, 1.807) is 11.3 Å². The van der Waals surface area contributed by atoms with E-state index in [0.29, 0.717) is 40.5 Å². The van der Waals surface area contributed by atoms with Crippen LogP contribution in [0.2, 0.25) is 0 Å². The van der Waals surface area contributed by atoms with Gasteiger partial charge in [0.2, 0.25) is 5.91 Å². The van der Waals surface area contributed by atoms with Crippen LogP contribution >= 0.6 is 23.6 Å². The van der Waals surface area contributed by atoms with Crippen molar-refractivity contribution in [3.05, 3.63) is 27.8 Å². The van der Waals surface area contributed by atoms with E-state index in [2.05, 4.69) is 41.2 Å². The molecule has 1 aromatic heterocycles. The molecule has 2 amide bonds. The van der Waals surface area contributed by atoms with Gasteiger partial charge in [0.25, 0.3) is 5.91 Å². The summed E-state index contributed by atoms with van der Waals surface area (Å²) in [6, 6.07) is 0.226. The average Bonchev–Trinajstić information content (AvgIpc) is 3.72. The number of nitrogens with zero attached hydrogens (tertiary/aromatic N) is 1. The molecule has 0 radical (unpaired) electrons. The SMILES string of the molecule is CC1=NC(C(C)C)C(NC(=S)N[C@H]2CCc3sc(NC(=O)C4CC4)c(C(=O)NCC4CC4)c3C2)=C1. The van der Waals surface area contributed by atoms with E-state index >= 15 is 0 Å². The number of allylic oxidation sites excluding steroid dienone is 1. The standard InChI is InChI=1S/C26H35N5O2S2/c1-13(2)22-19(10-14(3)28-22)30-26(34)29-17-8-9-20-18(11-17)21(24(33)27-12-15-4-5-15)25(35-20)31-23(32)16-6-7-16/h10,13,15-17,22H,4-9,11-12H2,1-3H3,(H,27,33)(H,31,32)(H2,29,30,34)/t17-,22?/m0/s1. The monoisotopic (exact) mass is 513 g/mol. The van der Waals surface area contributed by atoms with Crippen molar-refractivity contribution in [3.63, 3.8) is 0 Å². The summed E-state index contributed by atoms with van der Waals surface area (Å²) < 4.78 is 0. The van der Waals surface area contributed by atoms with Gasteiger partial charge in [-0.3, -0.25) is 14.6 Å². The smallest absolute Gasteiger partial charge is 0.254 e. The Labute approximate surface area is 216 Å². The molecule has 1 aromatic rings. The van der Waals surface area contributed by atoms with Gasteiger partial charge in [-0.1, -0.05) is 13.8 Å². The number of aryl methyl sites for hydroxylation is 1. The van der Waals surface area contributed by atoms with Gasteiger partial charge in [-0.2, -0.15) is 0 Å². The maximum absolute atomic E-state index is 13.3. The average molecular weight is 514 g/mol. The molecule has 0 saturated heterocycles. The number of rotatable bonds is 8. The lowest BCUT2D eigenvalue weighted by Crippen LogP contribution is -2.45. The van der Waals surface area contributed by atoms with Crippen LogP contribution in [-0.4, -0.2) is 41.3 Å². The van der Waals surface area contributed by atoms with E-state index < -0.39 is 0 Å². The highest BCUT2D eigenvalue weighted by atomic mass is 32.1. The summed E-state index contributed by atoms with van der Waals surface area (Å²) in [5.41, 5.74) is 3.76. The van der Waals surface area contributed by atoms with E-state index in [1.165, 1.54) is 17.7 Å². The molecule has 3 aliphatic carbocycles. The largest absolute Gasteiger partial charge is 0.359 e. The predicted octanol–water partition coefficient (Wildman–Crippen LogP) is 3.94. The molecule has 7 nitrogen and oxygen atoms in total. The van der Waals surface area contributed by atoms with Crippen molar-refractivity contribution < 1.29 is 9.59 Å². The maximum Gasteiger partial charge on any atom is 0.254 e. The summed E-state index contributed by atoms with van der Waals surface area (Å²) in [4.78, 5) is 31.7. The molecule has 5 rings (SSSR count). The Balaban J connectivity index is 1.28. The Bertz CT molecular complexity index is 1100. The minimum absolute atomic E-state index is 0.0435. The van der Waals surface area contributed by atoms with E-state index in [1.807, 2.05) is 6.92 Å². The first kappa shape index (κ1) is 24.4. The third-order valence-corrected chi connectivity index (χ3v) is 8.60. The van der Waals surface area contributed by atoms with Gasteiger partial charge in [-0.15, -0.1) is 11.3 Å². The van der Waals surface area contributed by atoms with Gasteiger partial charge in [0.1, 0.15) is 5.00 Å². The number of fused-ring (bicyclic) bond motifs is 1. The number of thiocarbonyl (C=S) groups is 1. The first-order valence-corrected chi connectivity index (χ1v) is 14.1. The topological polar surface area (TPSA) is 94.6 Å². The molecule has 1 aliphatic heterocycles. The third kappa shape index (κ3) is 5.77. The first-order chi connectivity index (χ1) is 16.8. The summed E-state index contributed by atoms with van der Waals surface area (Å²) in [5.74, 6) is 1.06. The molecule has 188 valence electrons. The van der Waals surface area contributed by atoms with E-state index in [0.717, 1.165) is 42.7 Å². The van der Waals surface area contributed by atoms with Gasteiger partial charge in [-0.05, 0) is 87.6 Å². The molecule has 0 aromatic carbocycles. The van der Waals surface area contributed by atoms with Crippen molar-refractivity contribution >= 4 is 51.2 Å². The van der Waals surface area contributed by atoms with Crippen LogP contribution in [0.4, 0.5) is 5.00 Å². The Kier molecular flexibility index (Phi) is 6.99. The number of hydrogen-bond acceptors (Lipinski definition) is 5. The molecule has 2 atom stereocenters. The van der Waals surface area contributed by atoms with Crippen LogP contribution in [-0.2, 0) is 17.6 Å². The highest BCUT2D eigenvalue weighted by molar-refractivity contribution is 7.80.